The molecule has 3 heteroatoms. The fourth-order valence-electron chi connectivity index (χ4n) is 3.06. The summed E-state index contributed by atoms with van der Waals surface area (Å²) in [5, 5.41) is 0. The first-order valence-corrected chi connectivity index (χ1v) is 7.55. The Morgan fingerprint density at radius 3 is 2.25 bits per heavy atom. The largest absolute Gasteiger partial charge is 0.379 e. The molecule has 1 aromatic rings. The summed E-state index contributed by atoms with van der Waals surface area (Å²) in [6.45, 7) is 12.4. The van der Waals surface area contributed by atoms with E-state index in [1.165, 1.54) is 16.7 Å². The van der Waals surface area contributed by atoms with Crippen LogP contribution in [-0.4, -0.2) is 42.8 Å². The van der Waals surface area contributed by atoms with Gasteiger partial charge in [0.2, 0.25) is 0 Å². The molecular weight excluding hydrogens is 248 g/mol. The molecule has 2 rings (SSSR count). The molecule has 1 unspecified atom stereocenters. The number of morpholine rings is 1. The van der Waals surface area contributed by atoms with Crippen LogP contribution >= 0.6 is 0 Å². The molecule has 1 heterocycles. The Labute approximate surface area is 123 Å². The van der Waals surface area contributed by atoms with Crippen molar-refractivity contribution in [3.63, 3.8) is 0 Å². The minimum Gasteiger partial charge on any atom is -0.379 e. The molecule has 0 radical (unpaired) electrons. The van der Waals surface area contributed by atoms with Crippen molar-refractivity contribution < 1.29 is 4.74 Å². The van der Waals surface area contributed by atoms with Crippen molar-refractivity contribution >= 4 is 0 Å². The highest BCUT2D eigenvalue weighted by molar-refractivity contribution is 5.29. The average molecular weight is 276 g/mol. The number of hydrogen-bond donors (Lipinski definition) is 1. The summed E-state index contributed by atoms with van der Waals surface area (Å²) < 4.78 is 5.44. The number of ether oxygens (including phenoxy) is 1. The molecule has 0 aliphatic carbocycles. The third-order valence-electron chi connectivity index (χ3n) is 4.47. The molecule has 1 aromatic carbocycles. The molecule has 1 atom stereocenters. The maximum Gasteiger partial charge on any atom is 0.0594 e. The van der Waals surface area contributed by atoms with E-state index in [0.717, 1.165) is 32.7 Å². The van der Waals surface area contributed by atoms with E-state index in [1.807, 2.05) is 0 Å². The molecule has 112 valence electrons. The zero-order chi connectivity index (χ0) is 14.8. The van der Waals surface area contributed by atoms with Crippen LogP contribution in [0.2, 0.25) is 0 Å². The monoisotopic (exact) mass is 276 g/mol. The zero-order valence-electron chi connectivity index (χ0n) is 13.3. The quantitative estimate of drug-likeness (QED) is 0.917. The SMILES string of the molecule is Cc1cc(C)cc(CC(N)C(C)(C)N2CCOCC2)c1. The summed E-state index contributed by atoms with van der Waals surface area (Å²) in [5.41, 5.74) is 10.5. The molecule has 20 heavy (non-hydrogen) atoms. The summed E-state index contributed by atoms with van der Waals surface area (Å²) >= 11 is 0. The number of nitrogens with zero attached hydrogens (tertiary/aromatic N) is 1. The lowest BCUT2D eigenvalue weighted by Crippen LogP contribution is -2.59. The molecule has 0 saturated carbocycles. The lowest BCUT2D eigenvalue weighted by atomic mass is 9.87. The number of hydrogen-bond acceptors (Lipinski definition) is 3. The standard InChI is InChI=1S/C17H28N2O/c1-13-9-14(2)11-15(10-13)12-16(18)17(3,4)19-5-7-20-8-6-19/h9-11,16H,5-8,12,18H2,1-4H3. The first-order chi connectivity index (χ1) is 9.39. The maximum absolute atomic E-state index is 6.53. The van der Waals surface area contributed by atoms with Crippen molar-refractivity contribution in [1.29, 1.82) is 0 Å². The van der Waals surface area contributed by atoms with Crippen molar-refractivity contribution in [1.82, 2.24) is 4.90 Å². The lowest BCUT2D eigenvalue weighted by molar-refractivity contribution is -0.0186. The summed E-state index contributed by atoms with van der Waals surface area (Å²) in [5.74, 6) is 0. The minimum absolute atomic E-state index is 0.00142. The van der Waals surface area contributed by atoms with E-state index in [1.54, 1.807) is 0 Å². The summed E-state index contributed by atoms with van der Waals surface area (Å²) in [7, 11) is 0. The molecule has 0 bridgehead atoms. The van der Waals surface area contributed by atoms with E-state index in [4.69, 9.17) is 10.5 Å². The van der Waals surface area contributed by atoms with E-state index in [9.17, 15) is 0 Å². The van der Waals surface area contributed by atoms with Gasteiger partial charge in [-0.1, -0.05) is 29.3 Å². The van der Waals surface area contributed by atoms with Gasteiger partial charge in [0.25, 0.3) is 0 Å². The highest BCUT2D eigenvalue weighted by Crippen LogP contribution is 2.22. The second-order valence-corrected chi connectivity index (χ2v) is 6.56. The first kappa shape index (κ1) is 15.5. The molecule has 3 nitrogen and oxygen atoms in total. The van der Waals surface area contributed by atoms with Crippen LogP contribution < -0.4 is 5.73 Å². The highest BCUT2D eigenvalue weighted by atomic mass is 16.5. The second kappa shape index (κ2) is 6.25. The Bertz CT molecular complexity index is 430. The van der Waals surface area contributed by atoms with Gasteiger partial charge in [-0.25, -0.2) is 0 Å². The van der Waals surface area contributed by atoms with Crippen LogP contribution in [-0.2, 0) is 11.2 Å². The van der Waals surface area contributed by atoms with E-state index >= 15 is 0 Å². The van der Waals surface area contributed by atoms with Crippen LogP contribution in [0.4, 0.5) is 0 Å². The Balaban J connectivity index is 2.07. The topological polar surface area (TPSA) is 38.5 Å². The van der Waals surface area contributed by atoms with Gasteiger partial charge in [-0.2, -0.15) is 0 Å². The fraction of sp³-hybridized carbons (Fsp3) is 0.647. The van der Waals surface area contributed by atoms with Crippen LogP contribution in [0.15, 0.2) is 18.2 Å². The number of rotatable bonds is 4. The minimum atomic E-state index is 0.00142. The van der Waals surface area contributed by atoms with Crippen LogP contribution in [0, 0.1) is 13.8 Å². The van der Waals surface area contributed by atoms with Gasteiger partial charge in [-0.15, -0.1) is 0 Å². The van der Waals surface area contributed by atoms with Crippen LogP contribution in [0.3, 0.4) is 0 Å². The first-order valence-electron chi connectivity index (χ1n) is 7.55. The van der Waals surface area contributed by atoms with Gasteiger partial charge in [-0.05, 0) is 39.7 Å². The van der Waals surface area contributed by atoms with Gasteiger partial charge >= 0.3 is 0 Å². The molecular formula is C17H28N2O. The van der Waals surface area contributed by atoms with Gasteiger partial charge < -0.3 is 10.5 Å². The van der Waals surface area contributed by atoms with Gasteiger partial charge in [0, 0.05) is 24.7 Å². The molecule has 0 aromatic heterocycles. The second-order valence-electron chi connectivity index (χ2n) is 6.56. The molecule has 1 aliphatic rings. The zero-order valence-corrected chi connectivity index (χ0v) is 13.3. The average Bonchev–Trinajstić information content (AvgIpc) is 2.38. The van der Waals surface area contributed by atoms with Crippen LogP contribution in [0.5, 0.6) is 0 Å². The molecule has 1 fully saturated rings. The predicted molar refractivity (Wildman–Crippen MR) is 84.1 cm³/mol. The highest BCUT2D eigenvalue weighted by Gasteiger charge is 2.34. The van der Waals surface area contributed by atoms with Gasteiger partial charge in [0.1, 0.15) is 0 Å². The third-order valence-corrected chi connectivity index (χ3v) is 4.47. The van der Waals surface area contributed by atoms with Gasteiger partial charge in [0.15, 0.2) is 0 Å². The number of nitrogens with two attached hydrogens (primary N) is 1. The van der Waals surface area contributed by atoms with Gasteiger partial charge in [0.05, 0.1) is 13.2 Å². The van der Waals surface area contributed by atoms with E-state index in [2.05, 4.69) is 50.8 Å². The Morgan fingerprint density at radius 2 is 1.70 bits per heavy atom. The van der Waals surface area contributed by atoms with Crippen molar-refractivity contribution in [3.8, 4) is 0 Å². The predicted octanol–water partition coefficient (Wildman–Crippen LogP) is 2.28. The van der Waals surface area contributed by atoms with E-state index in [-0.39, 0.29) is 11.6 Å². The van der Waals surface area contributed by atoms with E-state index in [0.29, 0.717) is 0 Å². The molecule has 1 saturated heterocycles. The molecule has 0 amide bonds. The molecule has 2 N–H and O–H groups in total. The van der Waals surface area contributed by atoms with Crippen LogP contribution in [0.25, 0.3) is 0 Å². The van der Waals surface area contributed by atoms with E-state index < -0.39 is 0 Å². The normalized spacial score (nSPS) is 19.1. The van der Waals surface area contributed by atoms with Crippen molar-refractivity contribution in [3.05, 3.63) is 34.9 Å². The third kappa shape index (κ3) is 3.60. The van der Waals surface area contributed by atoms with Crippen molar-refractivity contribution in [2.75, 3.05) is 26.3 Å². The van der Waals surface area contributed by atoms with Crippen molar-refractivity contribution in [2.45, 2.75) is 45.7 Å². The smallest absolute Gasteiger partial charge is 0.0594 e. The molecule has 1 aliphatic heterocycles. The van der Waals surface area contributed by atoms with Crippen LogP contribution in [0.1, 0.15) is 30.5 Å². The summed E-state index contributed by atoms with van der Waals surface area (Å²) in [4.78, 5) is 2.46. The number of benzene rings is 1. The lowest BCUT2D eigenvalue weighted by Gasteiger charge is -2.44. The van der Waals surface area contributed by atoms with Crippen molar-refractivity contribution in [2.24, 2.45) is 5.73 Å². The summed E-state index contributed by atoms with van der Waals surface area (Å²) in [6, 6.07) is 6.84. The Hall–Kier alpha value is -0.900. The molecule has 0 spiro atoms. The Morgan fingerprint density at radius 1 is 1.15 bits per heavy atom. The fourth-order valence-corrected chi connectivity index (χ4v) is 3.06. The Kier molecular flexibility index (Phi) is 4.84. The van der Waals surface area contributed by atoms with Gasteiger partial charge in [-0.3, -0.25) is 4.90 Å². The number of aryl methyl sites for hydroxylation is 2. The summed E-state index contributed by atoms with van der Waals surface area (Å²) in [6.07, 6.45) is 0.923. The maximum atomic E-state index is 6.53.